The van der Waals surface area contributed by atoms with Crippen molar-refractivity contribution in [1.82, 2.24) is 10.2 Å². The summed E-state index contributed by atoms with van der Waals surface area (Å²) in [5.41, 5.74) is 0.958. The summed E-state index contributed by atoms with van der Waals surface area (Å²) < 4.78 is 14.7. The Balaban J connectivity index is 0.000000762. The van der Waals surface area contributed by atoms with Gasteiger partial charge in [-0.1, -0.05) is 6.07 Å². The molecule has 12 nitrogen and oxygen atoms in total. The number of anilines is 1. The molecule has 1 atom stereocenters. The van der Waals surface area contributed by atoms with Gasteiger partial charge in [0.25, 0.3) is 11.8 Å². The monoisotopic (exact) mass is 495 g/mol. The fourth-order valence-electron chi connectivity index (χ4n) is 3.20. The first-order valence-electron chi connectivity index (χ1n) is 11.0. The molecule has 1 heterocycles. The van der Waals surface area contributed by atoms with E-state index >= 15 is 0 Å². The Morgan fingerprint density at radius 3 is 2.37 bits per heavy atom. The molecule has 0 saturated heterocycles. The second kappa shape index (κ2) is 16.3. The van der Waals surface area contributed by atoms with Crippen LogP contribution in [0.15, 0.2) is 18.2 Å². The Hall–Kier alpha value is -3.35. The molecule has 0 aliphatic carbocycles. The third-order valence-corrected chi connectivity index (χ3v) is 4.88. The van der Waals surface area contributed by atoms with Gasteiger partial charge in [0.05, 0.1) is 44.0 Å². The van der Waals surface area contributed by atoms with Crippen molar-refractivity contribution in [2.75, 3.05) is 59.6 Å². The van der Waals surface area contributed by atoms with Gasteiger partial charge in [-0.15, -0.1) is 0 Å². The third-order valence-electron chi connectivity index (χ3n) is 4.88. The average Bonchev–Trinajstić information content (AvgIpc) is 3.11. The van der Waals surface area contributed by atoms with Gasteiger partial charge in [-0.05, 0) is 18.6 Å². The lowest BCUT2D eigenvalue weighted by Crippen LogP contribution is -2.48. The number of hydrogen-bond donors (Lipinski definition) is 3. The van der Waals surface area contributed by atoms with Gasteiger partial charge in [-0.3, -0.25) is 24.1 Å². The largest absolute Gasteiger partial charge is 0.481 e. The zero-order valence-electron chi connectivity index (χ0n) is 20.2. The summed E-state index contributed by atoms with van der Waals surface area (Å²) in [5, 5.41) is 13.5. The molecule has 0 radical (unpaired) electrons. The summed E-state index contributed by atoms with van der Waals surface area (Å²) in [7, 11) is 4.48. The van der Waals surface area contributed by atoms with Gasteiger partial charge in [-0.2, -0.15) is 0 Å². The van der Waals surface area contributed by atoms with Crippen LogP contribution in [0.2, 0.25) is 0 Å². The number of methoxy groups -OCH3 is 2. The van der Waals surface area contributed by atoms with E-state index in [1.54, 1.807) is 25.3 Å². The van der Waals surface area contributed by atoms with Crippen LogP contribution in [0.5, 0.6) is 0 Å². The third kappa shape index (κ3) is 9.08. The van der Waals surface area contributed by atoms with Crippen molar-refractivity contribution in [2.24, 2.45) is 0 Å². The van der Waals surface area contributed by atoms with Crippen molar-refractivity contribution in [3.05, 3.63) is 29.3 Å². The molecular formula is C23H33N3O9. The predicted octanol–water partition coefficient (Wildman–Crippen LogP) is 0.559. The average molecular weight is 496 g/mol. The predicted molar refractivity (Wildman–Crippen MR) is 125 cm³/mol. The van der Waals surface area contributed by atoms with Gasteiger partial charge in [0.15, 0.2) is 0 Å². The van der Waals surface area contributed by atoms with Crippen LogP contribution in [0.1, 0.15) is 40.0 Å². The van der Waals surface area contributed by atoms with Crippen molar-refractivity contribution in [3.8, 4) is 0 Å². The van der Waals surface area contributed by atoms with Crippen molar-refractivity contribution in [1.29, 1.82) is 0 Å². The SMILES string of the molecule is CNC(=O)C(CCC=O)N1C(=O)c2cccc(NCCOCCOC)c2C1=O.COCCC(=O)O. The fraction of sp³-hybridized carbons (Fsp3) is 0.522. The number of aldehydes is 1. The molecule has 0 aromatic heterocycles. The summed E-state index contributed by atoms with van der Waals surface area (Å²) >= 11 is 0. The first kappa shape index (κ1) is 29.7. The highest BCUT2D eigenvalue weighted by atomic mass is 16.5. The van der Waals surface area contributed by atoms with Crippen LogP contribution in [0.3, 0.4) is 0 Å². The van der Waals surface area contributed by atoms with Crippen LogP contribution < -0.4 is 10.6 Å². The van der Waals surface area contributed by atoms with Gasteiger partial charge in [0.2, 0.25) is 5.91 Å². The van der Waals surface area contributed by atoms with Gasteiger partial charge in [0.1, 0.15) is 12.3 Å². The molecule has 3 N–H and O–H groups in total. The summed E-state index contributed by atoms with van der Waals surface area (Å²) in [5.74, 6) is -2.40. The normalized spacial score (nSPS) is 12.9. The van der Waals surface area contributed by atoms with Crippen molar-refractivity contribution < 1.29 is 43.3 Å². The highest BCUT2D eigenvalue weighted by Gasteiger charge is 2.43. The van der Waals surface area contributed by atoms with E-state index in [1.807, 2.05) is 0 Å². The maximum atomic E-state index is 13.0. The van der Waals surface area contributed by atoms with E-state index in [4.69, 9.17) is 14.6 Å². The Kier molecular flexibility index (Phi) is 13.8. The minimum atomic E-state index is -1.03. The van der Waals surface area contributed by atoms with Crippen LogP contribution in [0.25, 0.3) is 0 Å². The lowest BCUT2D eigenvalue weighted by atomic mass is 10.1. The molecule has 0 bridgehead atoms. The molecular weight excluding hydrogens is 462 g/mol. The molecule has 0 fully saturated rings. The number of amides is 3. The van der Waals surface area contributed by atoms with Gasteiger partial charge >= 0.3 is 5.97 Å². The lowest BCUT2D eigenvalue weighted by Gasteiger charge is -2.24. The first-order chi connectivity index (χ1) is 16.8. The number of fused-ring (bicyclic) bond motifs is 1. The second-order valence-corrected chi connectivity index (χ2v) is 7.25. The Morgan fingerprint density at radius 2 is 1.80 bits per heavy atom. The summed E-state index contributed by atoms with van der Waals surface area (Å²) in [6.45, 7) is 2.09. The number of nitrogens with one attached hydrogen (secondary N) is 2. The van der Waals surface area contributed by atoms with E-state index in [-0.39, 0.29) is 30.4 Å². The Labute approximate surface area is 203 Å². The summed E-state index contributed by atoms with van der Waals surface area (Å²) in [4.78, 5) is 59.3. The molecule has 12 heteroatoms. The minimum Gasteiger partial charge on any atom is -0.481 e. The molecule has 3 amide bonds. The Morgan fingerprint density at radius 1 is 1.09 bits per heavy atom. The number of aliphatic carboxylic acids is 1. The number of rotatable bonds is 15. The smallest absolute Gasteiger partial charge is 0.305 e. The summed E-state index contributed by atoms with van der Waals surface area (Å²) in [6, 6.07) is 3.88. The van der Waals surface area contributed by atoms with E-state index < -0.39 is 29.7 Å². The number of carboxylic acids is 1. The van der Waals surface area contributed by atoms with Gasteiger partial charge < -0.3 is 34.7 Å². The van der Waals surface area contributed by atoms with Crippen LogP contribution in [-0.2, 0) is 28.6 Å². The van der Waals surface area contributed by atoms with Gasteiger partial charge in [0, 0.05) is 39.9 Å². The maximum Gasteiger partial charge on any atom is 0.305 e. The highest BCUT2D eigenvalue weighted by Crippen LogP contribution is 2.31. The van der Waals surface area contributed by atoms with E-state index in [9.17, 15) is 24.0 Å². The second-order valence-electron chi connectivity index (χ2n) is 7.25. The standard InChI is InChI=1S/C19H25N3O6.C4H8O3/c1-20-17(24)15(7-4-9-23)22-18(25)13-5-3-6-14(16(13)19(22)26)21-8-10-28-12-11-27-2;1-7-3-2-4(5)6/h3,5-6,9,15,21H,4,7-8,10-12H2,1-2H3,(H,20,24);2-3H2,1H3,(H,5,6). The number of nitrogens with zero attached hydrogens (tertiary/aromatic N) is 1. The Bertz CT molecular complexity index is 876. The zero-order valence-corrected chi connectivity index (χ0v) is 20.2. The van der Waals surface area contributed by atoms with Crippen LogP contribution >= 0.6 is 0 Å². The fourth-order valence-corrected chi connectivity index (χ4v) is 3.20. The van der Waals surface area contributed by atoms with Crippen LogP contribution in [0.4, 0.5) is 5.69 Å². The first-order valence-corrected chi connectivity index (χ1v) is 11.0. The number of likely N-dealkylation sites (N-methyl/N-ethyl adjacent to an activating group) is 1. The van der Waals surface area contributed by atoms with Crippen molar-refractivity contribution in [2.45, 2.75) is 25.3 Å². The van der Waals surface area contributed by atoms with E-state index in [2.05, 4.69) is 15.4 Å². The number of hydrogen-bond acceptors (Lipinski definition) is 9. The number of carbonyl (C=O) groups is 5. The molecule has 0 saturated carbocycles. The molecule has 35 heavy (non-hydrogen) atoms. The topological polar surface area (TPSA) is 161 Å². The molecule has 1 unspecified atom stereocenters. The van der Waals surface area contributed by atoms with E-state index in [0.29, 0.717) is 44.9 Å². The zero-order chi connectivity index (χ0) is 26.2. The molecule has 1 aromatic carbocycles. The van der Waals surface area contributed by atoms with Crippen molar-refractivity contribution in [3.63, 3.8) is 0 Å². The van der Waals surface area contributed by atoms with E-state index in [0.717, 1.165) is 4.90 Å². The molecule has 1 aliphatic rings. The van der Waals surface area contributed by atoms with Gasteiger partial charge in [-0.25, -0.2) is 0 Å². The van der Waals surface area contributed by atoms with Crippen molar-refractivity contribution >= 4 is 35.7 Å². The number of carbonyl (C=O) groups excluding carboxylic acids is 4. The maximum absolute atomic E-state index is 13.0. The molecule has 2 rings (SSSR count). The number of carboxylic acid groups (broad SMARTS) is 1. The molecule has 0 spiro atoms. The number of imide groups is 1. The quantitative estimate of drug-likeness (QED) is 0.178. The van der Waals surface area contributed by atoms with E-state index in [1.165, 1.54) is 14.2 Å². The number of benzene rings is 1. The molecule has 194 valence electrons. The lowest BCUT2D eigenvalue weighted by molar-refractivity contribution is -0.138. The molecule has 1 aliphatic heterocycles. The number of ether oxygens (including phenoxy) is 3. The van der Waals surface area contributed by atoms with Crippen LogP contribution in [0, 0.1) is 0 Å². The van der Waals surface area contributed by atoms with Crippen LogP contribution in [-0.4, -0.2) is 100 Å². The molecule has 1 aromatic rings. The highest BCUT2D eigenvalue weighted by molar-refractivity contribution is 6.25. The minimum absolute atomic E-state index is 0.0649. The summed E-state index contributed by atoms with van der Waals surface area (Å²) in [6.07, 6.45) is 0.890.